The smallest absolute Gasteiger partial charge is 0.295 e. The van der Waals surface area contributed by atoms with Crippen molar-refractivity contribution in [1.29, 1.82) is 0 Å². The quantitative estimate of drug-likeness (QED) is 0.196. The largest absolute Gasteiger partial charge is 0.507 e. The number of nitrogens with zero attached hydrogens (tertiary/aromatic N) is 2. The average molecular weight is 587 g/mol. The highest BCUT2D eigenvalue weighted by Gasteiger charge is 2.46. The molecule has 2 fully saturated rings. The number of hydrogen-bond donors (Lipinski definition) is 1. The van der Waals surface area contributed by atoms with Crippen molar-refractivity contribution in [3.05, 3.63) is 94.6 Å². The Balaban J connectivity index is 1.50. The number of methoxy groups -OCH3 is 2. The van der Waals surface area contributed by atoms with Crippen molar-refractivity contribution in [2.45, 2.75) is 26.0 Å². The minimum Gasteiger partial charge on any atom is -0.507 e. The molecule has 1 amide bonds. The third-order valence-electron chi connectivity index (χ3n) is 7.95. The molecule has 0 aliphatic carbocycles. The molecule has 1 unspecified atom stereocenters. The van der Waals surface area contributed by atoms with Crippen LogP contribution in [0.25, 0.3) is 5.76 Å². The maximum Gasteiger partial charge on any atom is 0.295 e. The van der Waals surface area contributed by atoms with Gasteiger partial charge in [0.25, 0.3) is 11.7 Å². The van der Waals surface area contributed by atoms with Gasteiger partial charge in [-0.3, -0.25) is 14.5 Å². The number of aliphatic hydroxyl groups is 1. The Hall–Kier alpha value is -4.34. The minimum absolute atomic E-state index is 0.0460. The molecular formula is C34H38N2O7. The van der Waals surface area contributed by atoms with Crippen molar-refractivity contribution in [3.63, 3.8) is 0 Å². The number of likely N-dealkylation sites (tertiary alicyclic amines) is 1. The van der Waals surface area contributed by atoms with Crippen LogP contribution < -0.4 is 14.2 Å². The molecule has 3 aromatic rings. The van der Waals surface area contributed by atoms with Gasteiger partial charge in [-0.05, 0) is 60.4 Å². The summed E-state index contributed by atoms with van der Waals surface area (Å²) >= 11 is 0. The van der Waals surface area contributed by atoms with E-state index in [1.54, 1.807) is 49.5 Å². The molecule has 9 nitrogen and oxygen atoms in total. The second-order valence-electron chi connectivity index (χ2n) is 10.7. The number of rotatable bonds is 11. The van der Waals surface area contributed by atoms with Crippen molar-refractivity contribution in [2.75, 3.05) is 53.6 Å². The third kappa shape index (κ3) is 6.68. The molecule has 0 saturated carbocycles. The summed E-state index contributed by atoms with van der Waals surface area (Å²) in [6.07, 6.45) is 0.667. The van der Waals surface area contributed by atoms with Crippen molar-refractivity contribution >= 4 is 17.4 Å². The molecule has 9 heteroatoms. The van der Waals surface area contributed by atoms with E-state index in [4.69, 9.17) is 18.9 Å². The number of aryl methyl sites for hydroxylation is 1. The van der Waals surface area contributed by atoms with E-state index in [0.29, 0.717) is 61.2 Å². The maximum atomic E-state index is 13.6. The first-order chi connectivity index (χ1) is 20.9. The highest BCUT2D eigenvalue weighted by atomic mass is 16.5. The van der Waals surface area contributed by atoms with Gasteiger partial charge in [-0.2, -0.15) is 0 Å². The summed E-state index contributed by atoms with van der Waals surface area (Å²) in [6, 6.07) is 19.6. The molecule has 2 aliphatic rings. The molecule has 3 aromatic carbocycles. The van der Waals surface area contributed by atoms with Gasteiger partial charge >= 0.3 is 0 Å². The number of benzene rings is 3. The van der Waals surface area contributed by atoms with E-state index >= 15 is 0 Å². The van der Waals surface area contributed by atoms with E-state index in [-0.39, 0.29) is 11.3 Å². The van der Waals surface area contributed by atoms with Crippen LogP contribution in [0.2, 0.25) is 0 Å². The molecule has 1 atom stereocenters. The Morgan fingerprint density at radius 2 is 1.70 bits per heavy atom. The molecule has 0 radical (unpaired) electrons. The molecule has 0 bridgehead atoms. The van der Waals surface area contributed by atoms with Crippen LogP contribution in [-0.4, -0.2) is 80.2 Å². The first-order valence-electron chi connectivity index (χ1n) is 14.5. The van der Waals surface area contributed by atoms with Gasteiger partial charge in [0, 0.05) is 31.7 Å². The lowest BCUT2D eigenvalue weighted by Crippen LogP contribution is -2.39. The topological polar surface area (TPSA) is 97.8 Å². The molecule has 0 aromatic heterocycles. The molecule has 2 heterocycles. The van der Waals surface area contributed by atoms with Crippen LogP contribution in [0.4, 0.5) is 0 Å². The zero-order chi connectivity index (χ0) is 30.3. The summed E-state index contributed by atoms with van der Waals surface area (Å²) in [7, 11) is 3.12. The lowest BCUT2D eigenvalue weighted by atomic mass is 9.93. The number of carbonyl (C=O) groups is 2. The summed E-state index contributed by atoms with van der Waals surface area (Å²) in [5, 5.41) is 11.6. The standard InChI is InChI=1S/C34H38N2O7/c1-23-20-26(40-2)11-12-27(23)32(37)30-31(36(34(39)33(30)38)15-7-14-35-16-18-42-19-17-35)25-10-13-28(29(21-25)41-3)43-22-24-8-5-4-6-9-24/h4-6,8-13,20-21,31,37H,7,14-19,22H2,1-3H3/b32-30+. The van der Waals surface area contributed by atoms with E-state index in [1.165, 1.54) is 0 Å². The average Bonchev–Trinajstić information content (AvgIpc) is 3.29. The number of ether oxygens (including phenoxy) is 4. The number of hydrogen-bond acceptors (Lipinski definition) is 8. The predicted molar refractivity (Wildman–Crippen MR) is 162 cm³/mol. The molecule has 5 rings (SSSR count). The lowest BCUT2D eigenvalue weighted by molar-refractivity contribution is -0.140. The van der Waals surface area contributed by atoms with E-state index in [2.05, 4.69) is 4.90 Å². The highest BCUT2D eigenvalue weighted by molar-refractivity contribution is 6.46. The van der Waals surface area contributed by atoms with Gasteiger partial charge in [0.1, 0.15) is 18.1 Å². The summed E-state index contributed by atoms with van der Waals surface area (Å²) in [6.45, 7) is 6.34. The van der Waals surface area contributed by atoms with Crippen LogP contribution in [0.3, 0.4) is 0 Å². The van der Waals surface area contributed by atoms with Crippen LogP contribution in [0.1, 0.15) is 34.7 Å². The van der Waals surface area contributed by atoms with Crippen molar-refractivity contribution < 1.29 is 33.6 Å². The Bertz CT molecular complexity index is 1480. The molecule has 2 aliphatic heterocycles. The Kier molecular flexibility index (Phi) is 9.64. The lowest BCUT2D eigenvalue weighted by Gasteiger charge is -2.29. The van der Waals surface area contributed by atoms with E-state index in [0.717, 1.165) is 30.8 Å². The number of ketones is 1. The zero-order valence-corrected chi connectivity index (χ0v) is 24.9. The zero-order valence-electron chi connectivity index (χ0n) is 24.9. The molecule has 2 saturated heterocycles. The van der Waals surface area contributed by atoms with Gasteiger partial charge in [-0.25, -0.2) is 0 Å². The first-order valence-corrected chi connectivity index (χ1v) is 14.5. The highest BCUT2D eigenvalue weighted by Crippen LogP contribution is 2.42. The monoisotopic (exact) mass is 586 g/mol. The van der Waals surface area contributed by atoms with E-state index < -0.39 is 17.7 Å². The SMILES string of the molecule is COc1ccc(/C(O)=C2\C(=O)C(=O)N(CCCN3CCOCC3)C2c2ccc(OCc3ccccc3)c(OC)c2)c(C)c1. The van der Waals surface area contributed by atoms with Crippen molar-refractivity contribution in [2.24, 2.45) is 0 Å². The van der Waals surface area contributed by atoms with Gasteiger partial charge < -0.3 is 29.0 Å². The second-order valence-corrected chi connectivity index (χ2v) is 10.7. The summed E-state index contributed by atoms with van der Waals surface area (Å²) in [5.74, 6) is 0.0569. The minimum atomic E-state index is -0.803. The first kappa shape index (κ1) is 30.1. The molecule has 43 heavy (non-hydrogen) atoms. The number of aliphatic hydroxyl groups excluding tert-OH is 1. The molecule has 226 valence electrons. The van der Waals surface area contributed by atoms with Gasteiger partial charge in [0.2, 0.25) is 0 Å². The number of morpholine rings is 1. The third-order valence-corrected chi connectivity index (χ3v) is 7.95. The number of amides is 1. The number of carbonyl (C=O) groups excluding carboxylic acids is 2. The van der Waals surface area contributed by atoms with Crippen LogP contribution in [0.15, 0.2) is 72.3 Å². The Morgan fingerprint density at radius 1 is 0.930 bits per heavy atom. The molecule has 0 spiro atoms. The predicted octanol–water partition coefficient (Wildman–Crippen LogP) is 4.74. The van der Waals surface area contributed by atoms with Gasteiger partial charge in [-0.15, -0.1) is 0 Å². The van der Waals surface area contributed by atoms with E-state index in [1.807, 2.05) is 43.3 Å². The van der Waals surface area contributed by atoms with Gasteiger partial charge in [-0.1, -0.05) is 36.4 Å². The fourth-order valence-electron chi connectivity index (χ4n) is 5.63. The van der Waals surface area contributed by atoms with E-state index in [9.17, 15) is 14.7 Å². The second kappa shape index (κ2) is 13.8. The fraction of sp³-hybridized carbons (Fsp3) is 0.353. The summed E-state index contributed by atoms with van der Waals surface area (Å²) < 4.78 is 22.5. The molecule has 1 N–H and O–H groups in total. The van der Waals surface area contributed by atoms with Crippen LogP contribution in [0.5, 0.6) is 17.2 Å². The summed E-state index contributed by atoms with van der Waals surface area (Å²) in [5.41, 5.74) is 2.88. The van der Waals surface area contributed by atoms with Crippen molar-refractivity contribution in [3.8, 4) is 17.2 Å². The van der Waals surface area contributed by atoms with Gasteiger partial charge in [0.15, 0.2) is 11.5 Å². The van der Waals surface area contributed by atoms with Crippen LogP contribution in [-0.2, 0) is 20.9 Å². The number of Topliss-reactive ketones (excluding diaryl/α,β-unsaturated/α-hetero) is 1. The van der Waals surface area contributed by atoms with Crippen LogP contribution >= 0.6 is 0 Å². The maximum absolute atomic E-state index is 13.6. The normalized spacial score (nSPS) is 18.6. The Morgan fingerprint density at radius 3 is 2.40 bits per heavy atom. The Labute approximate surface area is 252 Å². The van der Waals surface area contributed by atoms with Crippen molar-refractivity contribution in [1.82, 2.24) is 9.80 Å². The molecular weight excluding hydrogens is 548 g/mol. The van der Waals surface area contributed by atoms with Crippen LogP contribution in [0, 0.1) is 6.92 Å². The summed E-state index contributed by atoms with van der Waals surface area (Å²) in [4.78, 5) is 30.9. The fourth-order valence-corrected chi connectivity index (χ4v) is 5.63. The van der Waals surface area contributed by atoms with Gasteiger partial charge in [0.05, 0.1) is 39.0 Å².